The number of aromatic nitrogens is 2. The van der Waals surface area contributed by atoms with E-state index in [4.69, 9.17) is 0 Å². The molecule has 2 heterocycles. The van der Waals surface area contributed by atoms with Crippen LogP contribution in [0.5, 0.6) is 0 Å². The third-order valence-electron chi connectivity index (χ3n) is 7.44. The van der Waals surface area contributed by atoms with Crippen molar-refractivity contribution in [3.63, 3.8) is 0 Å². The number of carbonyl (C=O) groups is 1. The van der Waals surface area contributed by atoms with Crippen LogP contribution >= 0.6 is 23.3 Å². The third kappa shape index (κ3) is 7.96. The third-order valence-corrected chi connectivity index (χ3v) is 9.38. The van der Waals surface area contributed by atoms with Gasteiger partial charge in [-0.3, -0.25) is 9.52 Å². The van der Waals surface area contributed by atoms with Crippen LogP contribution in [0, 0.1) is 11.8 Å². The van der Waals surface area contributed by atoms with Gasteiger partial charge < -0.3 is 9.47 Å². The molecule has 0 saturated carbocycles. The molecule has 0 spiro atoms. The summed E-state index contributed by atoms with van der Waals surface area (Å²) in [4.78, 5) is 20.3. The number of fused-ring (bicyclic) bond motifs is 1. The molecule has 1 aliphatic rings. The van der Waals surface area contributed by atoms with Crippen molar-refractivity contribution in [1.29, 1.82) is 0 Å². The molecule has 2 aromatic heterocycles. The second kappa shape index (κ2) is 14.1. The summed E-state index contributed by atoms with van der Waals surface area (Å²) in [6, 6.07) is 11.1. The number of anilines is 1. The standard InChI is InChI=1S/C32H42N4OS2/c1-6-25(14-12-23(2)3)24(4)13-17-31(37)36(22-30-33-18-19-35(30)5)27-16-15-26-9-7-10-29(28(26)21-27)34-39-32-11-8-20-38-32/h6,8,11-12,14-16,18-21,23-24,29,34H,7,9-10,13,17,22H2,1-5H3/b14-12-,25-6+. The minimum absolute atomic E-state index is 0.140. The van der Waals surface area contributed by atoms with E-state index in [1.54, 1.807) is 29.5 Å². The fourth-order valence-electron chi connectivity index (χ4n) is 5.03. The molecule has 4 rings (SSSR count). The van der Waals surface area contributed by atoms with Gasteiger partial charge in [0.1, 0.15) is 5.82 Å². The number of aryl methyl sites for hydroxylation is 2. The highest BCUT2D eigenvalue weighted by Crippen LogP contribution is 2.36. The summed E-state index contributed by atoms with van der Waals surface area (Å²) in [6.07, 6.45) is 15.0. The number of hydrogen-bond acceptors (Lipinski definition) is 5. The smallest absolute Gasteiger partial charge is 0.227 e. The number of nitrogens with zero attached hydrogens (tertiary/aromatic N) is 3. The first-order chi connectivity index (χ1) is 18.9. The predicted molar refractivity (Wildman–Crippen MR) is 166 cm³/mol. The highest BCUT2D eigenvalue weighted by Gasteiger charge is 2.25. The van der Waals surface area contributed by atoms with Crippen molar-refractivity contribution >= 4 is 34.9 Å². The molecular formula is C32H42N4OS2. The van der Waals surface area contributed by atoms with Gasteiger partial charge in [0.2, 0.25) is 5.91 Å². The Labute approximate surface area is 242 Å². The molecule has 2 atom stereocenters. The van der Waals surface area contributed by atoms with Crippen molar-refractivity contribution in [2.75, 3.05) is 4.90 Å². The van der Waals surface area contributed by atoms with Crippen LogP contribution in [0.25, 0.3) is 0 Å². The molecule has 0 fully saturated rings. The molecule has 7 heteroatoms. The summed E-state index contributed by atoms with van der Waals surface area (Å²) in [5, 5.41) is 2.11. The normalized spacial score (nSPS) is 16.6. The van der Waals surface area contributed by atoms with E-state index in [2.05, 4.69) is 91.3 Å². The fraction of sp³-hybridized carbons (Fsp3) is 0.438. The molecule has 5 nitrogen and oxygen atoms in total. The Hall–Kier alpha value is -2.61. The average Bonchev–Trinajstić information content (AvgIpc) is 3.60. The van der Waals surface area contributed by atoms with Crippen molar-refractivity contribution in [2.45, 2.75) is 76.6 Å². The van der Waals surface area contributed by atoms with Crippen molar-refractivity contribution in [1.82, 2.24) is 14.3 Å². The second-order valence-electron chi connectivity index (χ2n) is 10.7. The zero-order valence-electron chi connectivity index (χ0n) is 23.9. The number of amides is 1. The van der Waals surface area contributed by atoms with Gasteiger partial charge in [0.15, 0.2) is 0 Å². The zero-order chi connectivity index (χ0) is 27.8. The number of benzene rings is 1. The largest absolute Gasteiger partial charge is 0.337 e. The number of allylic oxidation sites excluding steroid dienone is 4. The summed E-state index contributed by atoms with van der Waals surface area (Å²) < 4.78 is 6.97. The van der Waals surface area contributed by atoms with Crippen LogP contribution in [-0.4, -0.2) is 15.5 Å². The summed E-state index contributed by atoms with van der Waals surface area (Å²) in [7, 11) is 1.99. The predicted octanol–water partition coefficient (Wildman–Crippen LogP) is 8.26. The summed E-state index contributed by atoms with van der Waals surface area (Å²) in [5.41, 5.74) is 4.93. The first kappa shape index (κ1) is 29.4. The van der Waals surface area contributed by atoms with E-state index in [1.807, 2.05) is 22.7 Å². The number of nitrogens with one attached hydrogen (secondary N) is 1. The van der Waals surface area contributed by atoms with Gasteiger partial charge >= 0.3 is 0 Å². The number of thiophene rings is 1. The van der Waals surface area contributed by atoms with Gasteiger partial charge in [-0.15, -0.1) is 11.3 Å². The molecule has 39 heavy (non-hydrogen) atoms. The number of carbonyl (C=O) groups excluding carboxylic acids is 1. The molecule has 1 aliphatic carbocycles. The monoisotopic (exact) mass is 562 g/mol. The van der Waals surface area contributed by atoms with Crippen LogP contribution in [0.15, 0.2) is 76.1 Å². The Balaban J connectivity index is 1.54. The number of rotatable bonds is 12. The summed E-state index contributed by atoms with van der Waals surface area (Å²) in [5.74, 6) is 1.84. The lowest BCUT2D eigenvalue weighted by molar-refractivity contribution is -0.119. The molecule has 0 aliphatic heterocycles. The van der Waals surface area contributed by atoms with Crippen molar-refractivity contribution in [3.8, 4) is 0 Å². The van der Waals surface area contributed by atoms with Crippen LogP contribution in [-0.2, 0) is 24.8 Å². The molecule has 1 aromatic carbocycles. The Morgan fingerprint density at radius 1 is 1.31 bits per heavy atom. The highest BCUT2D eigenvalue weighted by atomic mass is 32.2. The summed E-state index contributed by atoms with van der Waals surface area (Å²) in [6.45, 7) is 9.14. The zero-order valence-corrected chi connectivity index (χ0v) is 25.5. The van der Waals surface area contributed by atoms with E-state index in [0.717, 1.165) is 30.8 Å². The van der Waals surface area contributed by atoms with Crippen LogP contribution < -0.4 is 9.62 Å². The van der Waals surface area contributed by atoms with Crippen molar-refractivity contribution in [3.05, 3.63) is 88.9 Å². The molecule has 0 bridgehead atoms. The topological polar surface area (TPSA) is 50.2 Å². The first-order valence-electron chi connectivity index (χ1n) is 14.0. The SMILES string of the molecule is C/C=C(\C=C/C(C)C)C(C)CCC(=O)N(Cc1nccn1C)c1ccc2c(c1)C(NSc1cccs1)CCC2. The van der Waals surface area contributed by atoms with Gasteiger partial charge in [0.05, 0.1) is 10.8 Å². The number of hydrogen-bond donors (Lipinski definition) is 1. The molecule has 1 N–H and O–H groups in total. The Morgan fingerprint density at radius 2 is 2.15 bits per heavy atom. The Kier molecular flexibility index (Phi) is 10.7. The maximum absolute atomic E-state index is 13.8. The molecular weight excluding hydrogens is 521 g/mol. The average molecular weight is 563 g/mol. The minimum atomic E-state index is 0.140. The van der Waals surface area contributed by atoms with E-state index in [9.17, 15) is 4.79 Å². The minimum Gasteiger partial charge on any atom is -0.337 e. The van der Waals surface area contributed by atoms with Gasteiger partial charge in [-0.2, -0.15) is 0 Å². The van der Waals surface area contributed by atoms with Gasteiger partial charge in [0, 0.05) is 37.6 Å². The van der Waals surface area contributed by atoms with Gasteiger partial charge in [0.25, 0.3) is 0 Å². The molecule has 1 amide bonds. The quantitative estimate of drug-likeness (QED) is 0.178. The first-order valence-corrected chi connectivity index (χ1v) is 15.7. The maximum Gasteiger partial charge on any atom is 0.227 e. The highest BCUT2D eigenvalue weighted by molar-refractivity contribution is 7.99. The van der Waals surface area contributed by atoms with Gasteiger partial charge in [-0.05, 0) is 96.7 Å². The number of imidazole rings is 1. The maximum atomic E-state index is 13.8. The Morgan fingerprint density at radius 3 is 2.85 bits per heavy atom. The molecule has 0 saturated heterocycles. The lowest BCUT2D eigenvalue weighted by Gasteiger charge is -2.29. The van der Waals surface area contributed by atoms with E-state index >= 15 is 0 Å². The van der Waals surface area contributed by atoms with Crippen LogP contribution in [0.2, 0.25) is 0 Å². The lowest BCUT2D eigenvalue weighted by atomic mass is 9.87. The Bertz CT molecular complexity index is 1280. The van der Waals surface area contributed by atoms with Gasteiger partial charge in [-0.1, -0.05) is 51.1 Å². The van der Waals surface area contributed by atoms with E-state index in [1.165, 1.54) is 27.3 Å². The van der Waals surface area contributed by atoms with Crippen LogP contribution in [0.3, 0.4) is 0 Å². The fourth-order valence-corrected chi connectivity index (χ4v) is 6.63. The van der Waals surface area contributed by atoms with Crippen LogP contribution in [0.1, 0.15) is 76.4 Å². The van der Waals surface area contributed by atoms with Crippen LogP contribution in [0.4, 0.5) is 5.69 Å². The summed E-state index contributed by atoms with van der Waals surface area (Å²) >= 11 is 3.46. The van der Waals surface area contributed by atoms with E-state index < -0.39 is 0 Å². The second-order valence-corrected chi connectivity index (χ2v) is 12.8. The molecule has 3 aromatic rings. The lowest BCUT2D eigenvalue weighted by Crippen LogP contribution is -2.32. The van der Waals surface area contributed by atoms with E-state index in [-0.39, 0.29) is 11.9 Å². The van der Waals surface area contributed by atoms with E-state index in [0.29, 0.717) is 24.8 Å². The van der Waals surface area contributed by atoms with Gasteiger partial charge in [-0.25, -0.2) is 4.98 Å². The molecule has 0 radical (unpaired) electrons. The van der Waals surface area contributed by atoms with Crippen molar-refractivity contribution < 1.29 is 4.79 Å². The van der Waals surface area contributed by atoms with Crippen molar-refractivity contribution in [2.24, 2.45) is 18.9 Å². The molecule has 208 valence electrons. The molecule has 2 unspecified atom stereocenters.